The normalized spacial score (nSPS) is 24.1. The number of aryl methyl sites for hydroxylation is 1. The predicted molar refractivity (Wildman–Crippen MR) is 90.9 cm³/mol. The minimum absolute atomic E-state index is 0.197. The molecule has 2 heterocycles. The molecule has 1 aromatic rings. The average Bonchev–Trinajstić information content (AvgIpc) is 3.08. The lowest BCUT2D eigenvalue weighted by Gasteiger charge is -2.35. The van der Waals surface area contributed by atoms with Gasteiger partial charge < -0.3 is 4.74 Å². The summed E-state index contributed by atoms with van der Waals surface area (Å²) in [5.41, 5.74) is 1.08. The molecule has 5 nitrogen and oxygen atoms in total. The molecule has 6 heteroatoms. The maximum atomic E-state index is 12.5. The fraction of sp³-hybridized carbons (Fsp3) is 0.647. The van der Waals surface area contributed by atoms with Crippen molar-refractivity contribution in [1.82, 2.24) is 9.21 Å². The Kier molecular flexibility index (Phi) is 5.69. The van der Waals surface area contributed by atoms with Gasteiger partial charge in [0, 0.05) is 39.3 Å². The fourth-order valence-electron chi connectivity index (χ4n) is 3.29. The van der Waals surface area contributed by atoms with Crippen molar-refractivity contribution < 1.29 is 13.2 Å². The highest BCUT2D eigenvalue weighted by atomic mass is 32.2. The lowest BCUT2D eigenvalue weighted by molar-refractivity contribution is 0.0617. The summed E-state index contributed by atoms with van der Waals surface area (Å²) in [5, 5.41) is 0. The topological polar surface area (TPSA) is 49.9 Å². The average molecular weight is 338 g/mol. The van der Waals surface area contributed by atoms with Crippen molar-refractivity contribution in [2.24, 2.45) is 0 Å². The number of ether oxygens (including phenoxy) is 1. The number of hydrogen-bond donors (Lipinski definition) is 0. The lowest BCUT2D eigenvalue weighted by atomic mass is 10.2. The van der Waals surface area contributed by atoms with Crippen LogP contribution in [0.5, 0.6) is 0 Å². The molecular weight excluding hydrogens is 312 g/mol. The summed E-state index contributed by atoms with van der Waals surface area (Å²) in [6.45, 7) is 4.64. The van der Waals surface area contributed by atoms with Crippen LogP contribution in [0.15, 0.2) is 30.3 Å². The molecule has 0 radical (unpaired) electrons. The highest BCUT2D eigenvalue weighted by molar-refractivity contribution is 7.89. The Hall–Kier alpha value is -0.950. The zero-order chi connectivity index (χ0) is 16.1. The van der Waals surface area contributed by atoms with Gasteiger partial charge in [-0.05, 0) is 24.8 Å². The molecule has 1 aromatic carbocycles. The minimum Gasteiger partial charge on any atom is -0.377 e. The fourth-order valence-corrected chi connectivity index (χ4v) is 4.76. The van der Waals surface area contributed by atoms with Gasteiger partial charge in [-0.2, -0.15) is 4.31 Å². The Morgan fingerprint density at radius 2 is 1.83 bits per heavy atom. The van der Waals surface area contributed by atoms with Gasteiger partial charge in [0.2, 0.25) is 10.0 Å². The third-order valence-electron chi connectivity index (χ3n) is 4.70. The highest BCUT2D eigenvalue weighted by Gasteiger charge is 2.28. The molecule has 0 N–H and O–H groups in total. The molecule has 2 aliphatic rings. The van der Waals surface area contributed by atoms with Gasteiger partial charge >= 0.3 is 0 Å². The second kappa shape index (κ2) is 7.75. The second-order valence-corrected chi connectivity index (χ2v) is 8.47. The molecule has 3 rings (SSSR count). The van der Waals surface area contributed by atoms with E-state index in [-0.39, 0.29) is 5.75 Å². The van der Waals surface area contributed by atoms with E-state index in [2.05, 4.69) is 4.90 Å². The van der Waals surface area contributed by atoms with Crippen LogP contribution < -0.4 is 0 Å². The third kappa shape index (κ3) is 4.76. The Balaban J connectivity index is 1.46. The number of piperazine rings is 1. The third-order valence-corrected chi connectivity index (χ3v) is 6.57. The molecule has 1 unspecified atom stereocenters. The largest absolute Gasteiger partial charge is 0.377 e. The Bertz CT molecular complexity index is 577. The van der Waals surface area contributed by atoms with Crippen LogP contribution in [0.25, 0.3) is 0 Å². The summed E-state index contributed by atoms with van der Waals surface area (Å²) in [6.07, 6.45) is 3.21. The molecule has 0 amide bonds. The summed E-state index contributed by atoms with van der Waals surface area (Å²) in [4.78, 5) is 2.33. The maximum absolute atomic E-state index is 12.5. The summed E-state index contributed by atoms with van der Waals surface area (Å²) in [6, 6.07) is 9.81. The van der Waals surface area contributed by atoms with Crippen LogP contribution in [0.4, 0.5) is 0 Å². The summed E-state index contributed by atoms with van der Waals surface area (Å²) < 4.78 is 32.3. The smallest absolute Gasteiger partial charge is 0.214 e. The van der Waals surface area contributed by atoms with Crippen molar-refractivity contribution in [3.05, 3.63) is 35.9 Å². The predicted octanol–water partition coefficient (Wildman–Crippen LogP) is 1.36. The van der Waals surface area contributed by atoms with E-state index < -0.39 is 10.0 Å². The molecule has 0 bridgehead atoms. The first-order valence-corrected chi connectivity index (χ1v) is 10.1. The summed E-state index contributed by atoms with van der Waals surface area (Å²) in [7, 11) is -3.16. The van der Waals surface area contributed by atoms with E-state index in [1.54, 1.807) is 4.31 Å². The molecule has 2 saturated heterocycles. The van der Waals surface area contributed by atoms with Crippen LogP contribution in [0.3, 0.4) is 0 Å². The Labute approximate surface area is 139 Å². The van der Waals surface area contributed by atoms with Gasteiger partial charge in [0.25, 0.3) is 0 Å². The highest BCUT2D eigenvalue weighted by Crippen LogP contribution is 2.16. The van der Waals surface area contributed by atoms with Crippen molar-refractivity contribution in [3.8, 4) is 0 Å². The Morgan fingerprint density at radius 3 is 2.48 bits per heavy atom. The second-order valence-electron chi connectivity index (χ2n) is 6.39. The first kappa shape index (κ1) is 16.9. The summed E-state index contributed by atoms with van der Waals surface area (Å²) in [5.74, 6) is 0.197. The first-order valence-electron chi connectivity index (χ1n) is 8.49. The van der Waals surface area contributed by atoms with Crippen molar-refractivity contribution >= 4 is 10.0 Å². The standard InChI is InChI=1S/C17H26N2O3S/c20-23(21,14-8-16-5-2-1-3-6-16)19-11-9-18(10-12-19)15-17-7-4-13-22-17/h1-3,5-6,17H,4,7-15H2. The number of sulfonamides is 1. The molecular formula is C17H26N2O3S. The molecule has 128 valence electrons. The molecule has 0 saturated carbocycles. The molecule has 0 aromatic heterocycles. The van der Waals surface area contributed by atoms with E-state index in [0.717, 1.165) is 44.6 Å². The van der Waals surface area contributed by atoms with E-state index >= 15 is 0 Å². The van der Waals surface area contributed by atoms with Gasteiger partial charge in [-0.25, -0.2) is 8.42 Å². The summed E-state index contributed by atoms with van der Waals surface area (Å²) >= 11 is 0. The molecule has 23 heavy (non-hydrogen) atoms. The SMILES string of the molecule is O=S(=O)(CCc1ccccc1)N1CCN(CC2CCCO2)CC1. The van der Waals surface area contributed by atoms with E-state index in [9.17, 15) is 8.42 Å². The van der Waals surface area contributed by atoms with Crippen molar-refractivity contribution in [2.45, 2.75) is 25.4 Å². The van der Waals surface area contributed by atoms with E-state index in [4.69, 9.17) is 4.74 Å². The van der Waals surface area contributed by atoms with Crippen LogP contribution in [0.2, 0.25) is 0 Å². The van der Waals surface area contributed by atoms with Gasteiger partial charge in [0.1, 0.15) is 0 Å². The molecule has 1 atom stereocenters. The van der Waals surface area contributed by atoms with Crippen molar-refractivity contribution in [2.75, 3.05) is 45.1 Å². The molecule has 0 aliphatic carbocycles. The monoisotopic (exact) mass is 338 g/mol. The lowest BCUT2D eigenvalue weighted by Crippen LogP contribution is -2.50. The van der Waals surface area contributed by atoms with Crippen LogP contribution >= 0.6 is 0 Å². The quantitative estimate of drug-likeness (QED) is 0.786. The number of hydrogen-bond acceptors (Lipinski definition) is 4. The zero-order valence-electron chi connectivity index (χ0n) is 13.6. The Morgan fingerprint density at radius 1 is 1.09 bits per heavy atom. The van der Waals surface area contributed by atoms with Gasteiger partial charge in [-0.15, -0.1) is 0 Å². The van der Waals surface area contributed by atoms with Crippen molar-refractivity contribution in [3.63, 3.8) is 0 Å². The van der Waals surface area contributed by atoms with Gasteiger partial charge in [-0.1, -0.05) is 30.3 Å². The zero-order valence-corrected chi connectivity index (χ0v) is 14.4. The van der Waals surface area contributed by atoms with Gasteiger partial charge in [-0.3, -0.25) is 4.90 Å². The van der Waals surface area contributed by atoms with E-state index in [1.807, 2.05) is 30.3 Å². The number of nitrogens with zero attached hydrogens (tertiary/aromatic N) is 2. The van der Waals surface area contributed by atoms with Gasteiger partial charge in [0.15, 0.2) is 0 Å². The van der Waals surface area contributed by atoms with Crippen LogP contribution in [0, 0.1) is 0 Å². The van der Waals surface area contributed by atoms with Crippen molar-refractivity contribution in [1.29, 1.82) is 0 Å². The number of benzene rings is 1. The maximum Gasteiger partial charge on any atom is 0.214 e. The van der Waals surface area contributed by atoms with Crippen LogP contribution in [-0.2, 0) is 21.2 Å². The van der Waals surface area contributed by atoms with Crippen LogP contribution in [-0.4, -0.2) is 68.8 Å². The van der Waals surface area contributed by atoms with Crippen LogP contribution in [0.1, 0.15) is 18.4 Å². The molecule has 2 aliphatic heterocycles. The van der Waals surface area contributed by atoms with E-state index in [0.29, 0.717) is 25.6 Å². The van der Waals surface area contributed by atoms with E-state index in [1.165, 1.54) is 0 Å². The van der Waals surface area contributed by atoms with Gasteiger partial charge in [0.05, 0.1) is 11.9 Å². The first-order chi connectivity index (χ1) is 11.1. The molecule has 0 spiro atoms. The minimum atomic E-state index is -3.16. The number of rotatable bonds is 6. The molecule has 2 fully saturated rings.